The molecule has 0 aromatic carbocycles. The molecule has 0 aliphatic heterocycles. The average molecular weight is 164 g/mol. The predicted octanol–water partition coefficient (Wildman–Crippen LogP) is 1.84. The van der Waals surface area contributed by atoms with Crippen LogP contribution < -0.4 is 5.32 Å². The summed E-state index contributed by atoms with van der Waals surface area (Å²) in [7, 11) is 0. The minimum absolute atomic E-state index is 0.00379. The monoisotopic (exact) mass is 164 g/mol. The van der Waals surface area contributed by atoms with Crippen LogP contribution in [0.3, 0.4) is 0 Å². The van der Waals surface area contributed by atoms with E-state index in [0.717, 1.165) is 12.5 Å². The third-order valence-corrected chi connectivity index (χ3v) is 2.28. The molecule has 2 unspecified atom stereocenters. The quantitative estimate of drug-likeness (QED) is 0.646. The molecule has 1 rings (SSSR count). The molecule has 0 aromatic rings. The van der Waals surface area contributed by atoms with Crippen LogP contribution in [-0.2, 0) is 0 Å². The van der Waals surface area contributed by atoms with Crippen LogP contribution in [0.1, 0.15) is 26.2 Å². The molecule has 0 aromatic heterocycles. The van der Waals surface area contributed by atoms with Gasteiger partial charge in [-0.15, -0.1) is 0 Å². The number of nitriles is 1. The molecule has 0 saturated carbocycles. The Morgan fingerprint density at radius 1 is 1.67 bits per heavy atom. The Hall–Kier alpha value is -0.810. The Kier molecular flexibility index (Phi) is 3.83. The maximum absolute atomic E-state index is 8.54. The molecule has 2 nitrogen and oxygen atoms in total. The molecular formula is C10H16N2. The van der Waals surface area contributed by atoms with Crippen molar-refractivity contribution in [2.24, 2.45) is 5.92 Å². The van der Waals surface area contributed by atoms with Gasteiger partial charge in [-0.3, -0.25) is 0 Å². The second-order valence-corrected chi connectivity index (χ2v) is 3.41. The van der Waals surface area contributed by atoms with Crippen LogP contribution in [0.2, 0.25) is 0 Å². The van der Waals surface area contributed by atoms with Gasteiger partial charge in [0.15, 0.2) is 0 Å². The molecule has 2 atom stereocenters. The first-order valence-corrected chi connectivity index (χ1v) is 4.61. The highest BCUT2D eigenvalue weighted by Gasteiger charge is 2.10. The number of nitrogens with one attached hydrogen (secondary N) is 1. The number of rotatable bonds is 3. The summed E-state index contributed by atoms with van der Waals surface area (Å²) >= 11 is 0. The number of hydrogen-bond acceptors (Lipinski definition) is 2. The summed E-state index contributed by atoms with van der Waals surface area (Å²) in [6, 6.07) is 2.17. The van der Waals surface area contributed by atoms with Crippen molar-refractivity contribution in [3.05, 3.63) is 12.2 Å². The van der Waals surface area contributed by atoms with Crippen molar-refractivity contribution in [3.8, 4) is 6.07 Å². The molecule has 66 valence electrons. The summed E-state index contributed by atoms with van der Waals surface area (Å²) in [4.78, 5) is 0. The van der Waals surface area contributed by atoms with Crippen molar-refractivity contribution in [2.75, 3.05) is 6.54 Å². The van der Waals surface area contributed by atoms with Gasteiger partial charge in [0.05, 0.1) is 12.1 Å². The lowest BCUT2D eigenvalue weighted by Crippen LogP contribution is -2.30. The first-order valence-electron chi connectivity index (χ1n) is 4.61. The van der Waals surface area contributed by atoms with E-state index in [1.165, 1.54) is 19.3 Å². The zero-order chi connectivity index (χ0) is 8.81. The Labute approximate surface area is 74.3 Å². The highest BCUT2D eigenvalue weighted by molar-refractivity contribution is 4.92. The molecule has 0 amide bonds. The second-order valence-electron chi connectivity index (χ2n) is 3.41. The summed E-state index contributed by atoms with van der Waals surface area (Å²) < 4.78 is 0. The van der Waals surface area contributed by atoms with E-state index in [4.69, 9.17) is 5.26 Å². The van der Waals surface area contributed by atoms with E-state index in [0.29, 0.717) is 0 Å². The third-order valence-electron chi connectivity index (χ3n) is 2.28. The summed E-state index contributed by atoms with van der Waals surface area (Å²) in [6.45, 7) is 2.89. The number of nitrogens with zero attached hydrogens (tertiary/aromatic N) is 1. The third kappa shape index (κ3) is 3.06. The lowest BCUT2D eigenvalue weighted by Gasteiger charge is -2.18. The maximum Gasteiger partial charge on any atom is 0.0924 e. The van der Waals surface area contributed by atoms with Crippen LogP contribution >= 0.6 is 0 Å². The smallest absolute Gasteiger partial charge is 0.0924 e. The van der Waals surface area contributed by atoms with Gasteiger partial charge < -0.3 is 5.32 Å². The van der Waals surface area contributed by atoms with Gasteiger partial charge in [-0.1, -0.05) is 12.2 Å². The highest BCUT2D eigenvalue weighted by atomic mass is 14.9. The zero-order valence-corrected chi connectivity index (χ0v) is 7.59. The van der Waals surface area contributed by atoms with Crippen LogP contribution in [0, 0.1) is 17.2 Å². The lowest BCUT2D eigenvalue weighted by molar-refractivity contribution is 0.432. The van der Waals surface area contributed by atoms with E-state index < -0.39 is 0 Å². The van der Waals surface area contributed by atoms with Gasteiger partial charge in [0.25, 0.3) is 0 Å². The Morgan fingerprint density at radius 3 is 3.08 bits per heavy atom. The first kappa shape index (κ1) is 9.28. The van der Waals surface area contributed by atoms with E-state index in [2.05, 4.69) is 23.5 Å². The minimum Gasteiger partial charge on any atom is -0.302 e. The fourth-order valence-electron chi connectivity index (χ4n) is 1.43. The number of allylic oxidation sites excluding steroid dienone is 2. The van der Waals surface area contributed by atoms with Crippen LogP contribution in [0.25, 0.3) is 0 Å². The summed E-state index contributed by atoms with van der Waals surface area (Å²) in [6.07, 6.45) is 8.12. The summed E-state index contributed by atoms with van der Waals surface area (Å²) in [5.41, 5.74) is 0. The zero-order valence-electron chi connectivity index (χ0n) is 7.59. The van der Waals surface area contributed by atoms with Gasteiger partial charge in [0, 0.05) is 0 Å². The molecule has 1 aliphatic carbocycles. The average Bonchev–Trinajstić information content (AvgIpc) is 2.16. The molecule has 0 heterocycles. The van der Waals surface area contributed by atoms with Crippen LogP contribution in [0.5, 0.6) is 0 Å². The van der Waals surface area contributed by atoms with Crippen molar-refractivity contribution in [1.82, 2.24) is 5.32 Å². The Balaban J connectivity index is 2.15. The first-order chi connectivity index (χ1) is 5.83. The van der Waals surface area contributed by atoms with Gasteiger partial charge in [0.2, 0.25) is 0 Å². The van der Waals surface area contributed by atoms with Crippen molar-refractivity contribution < 1.29 is 0 Å². The Bertz CT molecular complexity index is 191. The number of hydrogen-bond donors (Lipinski definition) is 1. The van der Waals surface area contributed by atoms with Crippen molar-refractivity contribution in [3.63, 3.8) is 0 Å². The van der Waals surface area contributed by atoms with Crippen molar-refractivity contribution >= 4 is 0 Å². The second kappa shape index (κ2) is 4.95. The van der Waals surface area contributed by atoms with Gasteiger partial charge in [-0.25, -0.2) is 0 Å². The molecule has 0 bridgehead atoms. The van der Waals surface area contributed by atoms with Crippen molar-refractivity contribution in [2.45, 2.75) is 32.2 Å². The molecular weight excluding hydrogens is 148 g/mol. The van der Waals surface area contributed by atoms with Crippen LogP contribution in [0.4, 0.5) is 0 Å². The molecule has 2 heteroatoms. The molecule has 1 N–H and O–H groups in total. The fourth-order valence-corrected chi connectivity index (χ4v) is 1.43. The largest absolute Gasteiger partial charge is 0.302 e. The van der Waals surface area contributed by atoms with E-state index in [9.17, 15) is 0 Å². The molecule has 0 radical (unpaired) electrons. The molecule has 0 fully saturated rings. The standard InChI is InChI=1S/C10H16N2/c1-9(7-11)12-8-10-5-3-2-4-6-10/h2-3,9-10,12H,4-6,8H2,1H3. The molecule has 1 aliphatic rings. The van der Waals surface area contributed by atoms with Crippen LogP contribution in [0.15, 0.2) is 12.2 Å². The van der Waals surface area contributed by atoms with Gasteiger partial charge in [-0.2, -0.15) is 5.26 Å². The highest BCUT2D eigenvalue weighted by Crippen LogP contribution is 2.16. The fraction of sp³-hybridized carbons (Fsp3) is 0.700. The molecule has 0 spiro atoms. The Morgan fingerprint density at radius 2 is 2.50 bits per heavy atom. The van der Waals surface area contributed by atoms with E-state index in [1.807, 2.05) is 6.92 Å². The van der Waals surface area contributed by atoms with Crippen molar-refractivity contribution in [1.29, 1.82) is 5.26 Å². The van der Waals surface area contributed by atoms with E-state index in [-0.39, 0.29) is 6.04 Å². The topological polar surface area (TPSA) is 35.8 Å². The van der Waals surface area contributed by atoms with E-state index in [1.54, 1.807) is 0 Å². The lowest BCUT2D eigenvalue weighted by atomic mass is 9.94. The molecule has 12 heavy (non-hydrogen) atoms. The molecule has 0 saturated heterocycles. The van der Waals surface area contributed by atoms with Gasteiger partial charge in [-0.05, 0) is 38.6 Å². The van der Waals surface area contributed by atoms with Gasteiger partial charge >= 0.3 is 0 Å². The minimum atomic E-state index is -0.00379. The van der Waals surface area contributed by atoms with Gasteiger partial charge in [0.1, 0.15) is 0 Å². The SMILES string of the molecule is CC(C#N)NCC1CC=CCC1. The van der Waals surface area contributed by atoms with Crippen LogP contribution in [-0.4, -0.2) is 12.6 Å². The summed E-state index contributed by atoms with van der Waals surface area (Å²) in [5.74, 6) is 0.741. The maximum atomic E-state index is 8.54. The van der Waals surface area contributed by atoms with E-state index >= 15 is 0 Å². The summed E-state index contributed by atoms with van der Waals surface area (Å²) in [5, 5.41) is 11.7. The predicted molar refractivity (Wildman–Crippen MR) is 49.6 cm³/mol. The normalized spacial score (nSPS) is 24.8.